The molecule has 8 heteroatoms. The normalized spacial score (nSPS) is 15.6. The smallest absolute Gasteiger partial charge is 0.323 e. The minimum absolute atomic E-state index is 0.00000985. The van der Waals surface area contributed by atoms with E-state index >= 15 is 0 Å². The van der Waals surface area contributed by atoms with Gasteiger partial charge < -0.3 is 26.2 Å². The molecule has 1 heterocycles. The van der Waals surface area contributed by atoms with Gasteiger partial charge in [0.15, 0.2) is 0 Å². The number of rotatable bonds is 6. The van der Waals surface area contributed by atoms with Gasteiger partial charge in [-0.05, 0) is 68.1 Å². The van der Waals surface area contributed by atoms with Gasteiger partial charge in [-0.25, -0.2) is 9.59 Å². The third-order valence-electron chi connectivity index (χ3n) is 5.44. The molecule has 1 aliphatic rings. The Balaban J connectivity index is 1.49. The number of benzene rings is 2. The lowest BCUT2D eigenvalue weighted by Gasteiger charge is -2.32. The fraction of sp³-hybridized carbons (Fsp3) is 0.375. The number of hydrogen-bond donors (Lipinski definition) is 4. The largest absolute Gasteiger partial charge is 0.356 e. The average Bonchev–Trinajstić information content (AvgIpc) is 2.81. The van der Waals surface area contributed by atoms with E-state index in [-0.39, 0.29) is 23.9 Å². The van der Waals surface area contributed by atoms with Crippen molar-refractivity contribution >= 4 is 35.0 Å². The first-order chi connectivity index (χ1) is 15.5. The molecule has 4 N–H and O–H groups in total. The monoisotopic (exact) mass is 437 g/mol. The van der Waals surface area contributed by atoms with Crippen molar-refractivity contribution in [2.75, 3.05) is 35.6 Å². The summed E-state index contributed by atoms with van der Waals surface area (Å²) in [5, 5.41) is 11.3. The van der Waals surface area contributed by atoms with Crippen molar-refractivity contribution in [2.24, 2.45) is 5.92 Å². The molecule has 0 saturated carbocycles. The maximum Gasteiger partial charge on any atom is 0.323 e. The van der Waals surface area contributed by atoms with E-state index in [4.69, 9.17) is 0 Å². The lowest BCUT2D eigenvalue weighted by Crippen LogP contribution is -2.46. The third-order valence-corrected chi connectivity index (χ3v) is 5.44. The van der Waals surface area contributed by atoms with Crippen LogP contribution in [0.15, 0.2) is 48.5 Å². The Hall–Kier alpha value is -3.55. The van der Waals surface area contributed by atoms with Crippen LogP contribution in [0.25, 0.3) is 0 Å². The first-order valence-corrected chi connectivity index (χ1v) is 11.1. The number of amides is 5. The Labute approximate surface area is 188 Å². The quantitative estimate of drug-likeness (QED) is 0.543. The van der Waals surface area contributed by atoms with E-state index in [2.05, 4.69) is 28.2 Å². The predicted octanol–water partition coefficient (Wildman–Crippen LogP) is 4.27. The van der Waals surface area contributed by atoms with Crippen LogP contribution in [0.2, 0.25) is 0 Å². The molecule has 0 spiro atoms. The molecule has 0 aromatic heterocycles. The van der Waals surface area contributed by atoms with Crippen LogP contribution in [0.5, 0.6) is 0 Å². The molecule has 5 amide bonds. The molecular formula is C24H31N5O3. The SMILES string of the molecule is CCNC(=O)[C@H]1CCCN(C(=O)Nc2ccc(NC(=O)Nc3ccc(CC)cc3)cc2)C1. The first kappa shape index (κ1) is 23.1. The van der Waals surface area contributed by atoms with E-state index in [0.29, 0.717) is 31.0 Å². The molecule has 0 aliphatic carbocycles. The van der Waals surface area contributed by atoms with Crippen molar-refractivity contribution in [2.45, 2.75) is 33.1 Å². The summed E-state index contributed by atoms with van der Waals surface area (Å²) in [4.78, 5) is 38.6. The second-order valence-corrected chi connectivity index (χ2v) is 7.82. The van der Waals surface area contributed by atoms with Gasteiger partial charge in [0.1, 0.15) is 0 Å². The van der Waals surface area contributed by atoms with E-state index in [1.807, 2.05) is 31.2 Å². The third kappa shape index (κ3) is 6.47. The van der Waals surface area contributed by atoms with E-state index in [9.17, 15) is 14.4 Å². The maximum atomic E-state index is 12.6. The topological polar surface area (TPSA) is 103 Å². The summed E-state index contributed by atoms with van der Waals surface area (Å²) in [6.45, 7) is 5.59. The Kier molecular flexibility index (Phi) is 8.08. The van der Waals surface area contributed by atoms with Gasteiger partial charge in [-0.3, -0.25) is 4.79 Å². The molecule has 2 aromatic rings. The summed E-state index contributed by atoms with van der Waals surface area (Å²) in [6, 6.07) is 14.0. The molecule has 3 rings (SSSR count). The maximum absolute atomic E-state index is 12.6. The van der Waals surface area contributed by atoms with Crippen molar-refractivity contribution in [1.29, 1.82) is 0 Å². The highest BCUT2D eigenvalue weighted by Crippen LogP contribution is 2.19. The molecule has 1 aliphatic heterocycles. The zero-order valence-corrected chi connectivity index (χ0v) is 18.6. The lowest BCUT2D eigenvalue weighted by molar-refractivity contribution is -0.126. The Morgan fingerprint density at radius 1 is 0.875 bits per heavy atom. The van der Waals surface area contributed by atoms with Crippen LogP contribution in [0, 0.1) is 5.92 Å². The highest BCUT2D eigenvalue weighted by Gasteiger charge is 2.28. The van der Waals surface area contributed by atoms with Gasteiger partial charge in [0, 0.05) is 36.7 Å². The molecule has 170 valence electrons. The second-order valence-electron chi connectivity index (χ2n) is 7.82. The molecule has 2 aromatic carbocycles. The summed E-state index contributed by atoms with van der Waals surface area (Å²) in [5.74, 6) is -0.169. The van der Waals surface area contributed by atoms with E-state index < -0.39 is 0 Å². The number of carbonyl (C=O) groups excluding carboxylic acids is 3. The summed E-state index contributed by atoms with van der Waals surface area (Å²) >= 11 is 0. The number of hydrogen-bond acceptors (Lipinski definition) is 3. The number of anilines is 3. The van der Waals surface area contributed by atoms with Crippen molar-refractivity contribution in [1.82, 2.24) is 10.2 Å². The van der Waals surface area contributed by atoms with Gasteiger partial charge in [0.2, 0.25) is 5.91 Å². The lowest BCUT2D eigenvalue weighted by atomic mass is 9.97. The van der Waals surface area contributed by atoms with Crippen LogP contribution in [0.3, 0.4) is 0 Å². The predicted molar refractivity (Wildman–Crippen MR) is 127 cm³/mol. The van der Waals surface area contributed by atoms with Crippen molar-refractivity contribution in [3.63, 3.8) is 0 Å². The van der Waals surface area contributed by atoms with Crippen LogP contribution in [-0.2, 0) is 11.2 Å². The zero-order valence-electron chi connectivity index (χ0n) is 18.6. The Morgan fingerprint density at radius 2 is 1.44 bits per heavy atom. The molecule has 1 fully saturated rings. The van der Waals surface area contributed by atoms with Gasteiger partial charge in [-0.15, -0.1) is 0 Å². The van der Waals surface area contributed by atoms with E-state index in [1.165, 1.54) is 5.56 Å². The van der Waals surface area contributed by atoms with Crippen LogP contribution in [0.1, 0.15) is 32.3 Å². The minimum atomic E-state index is -0.337. The molecular weight excluding hydrogens is 406 g/mol. The number of piperidine rings is 1. The van der Waals surface area contributed by atoms with Crippen molar-refractivity contribution < 1.29 is 14.4 Å². The molecule has 1 atom stereocenters. The van der Waals surface area contributed by atoms with Gasteiger partial charge in [-0.1, -0.05) is 19.1 Å². The number of nitrogens with zero attached hydrogens (tertiary/aromatic N) is 1. The van der Waals surface area contributed by atoms with Gasteiger partial charge in [0.25, 0.3) is 0 Å². The highest BCUT2D eigenvalue weighted by atomic mass is 16.2. The summed E-state index contributed by atoms with van der Waals surface area (Å²) in [7, 11) is 0. The zero-order chi connectivity index (χ0) is 22.9. The van der Waals surface area contributed by atoms with Gasteiger partial charge in [-0.2, -0.15) is 0 Å². The van der Waals surface area contributed by atoms with E-state index in [0.717, 1.165) is 24.9 Å². The van der Waals surface area contributed by atoms with Crippen molar-refractivity contribution in [3.8, 4) is 0 Å². The number of likely N-dealkylation sites (tertiary alicyclic amines) is 1. The molecule has 0 bridgehead atoms. The second kappa shape index (κ2) is 11.2. The van der Waals surface area contributed by atoms with Crippen LogP contribution in [0.4, 0.5) is 26.7 Å². The number of aryl methyl sites for hydroxylation is 1. The summed E-state index contributed by atoms with van der Waals surface area (Å²) in [6.07, 6.45) is 2.54. The fourth-order valence-electron chi connectivity index (χ4n) is 3.65. The highest BCUT2D eigenvalue weighted by molar-refractivity contribution is 6.00. The number of carbonyl (C=O) groups is 3. The van der Waals surface area contributed by atoms with Gasteiger partial charge in [0.05, 0.1) is 5.92 Å². The first-order valence-electron chi connectivity index (χ1n) is 11.1. The van der Waals surface area contributed by atoms with Crippen LogP contribution >= 0.6 is 0 Å². The average molecular weight is 438 g/mol. The standard InChI is InChI=1S/C24H31N5O3/c1-3-17-7-9-19(10-8-17)26-23(31)27-20-11-13-21(14-12-20)28-24(32)29-15-5-6-18(16-29)22(30)25-4-2/h7-14,18H,3-6,15-16H2,1-2H3,(H,25,30)(H,28,32)(H2,26,27,31)/t18-/m0/s1. The van der Waals surface area contributed by atoms with E-state index in [1.54, 1.807) is 29.2 Å². The summed E-state index contributed by atoms with van der Waals surface area (Å²) < 4.78 is 0. The Bertz CT molecular complexity index is 928. The van der Waals surface area contributed by atoms with Crippen LogP contribution < -0.4 is 21.3 Å². The molecule has 8 nitrogen and oxygen atoms in total. The summed E-state index contributed by atoms with van der Waals surface area (Å²) in [5.41, 5.74) is 3.16. The number of urea groups is 2. The van der Waals surface area contributed by atoms with Crippen molar-refractivity contribution in [3.05, 3.63) is 54.1 Å². The Morgan fingerprint density at radius 3 is 2.00 bits per heavy atom. The molecule has 32 heavy (non-hydrogen) atoms. The van der Waals surface area contributed by atoms with Gasteiger partial charge >= 0.3 is 12.1 Å². The molecule has 0 radical (unpaired) electrons. The fourth-order valence-corrected chi connectivity index (χ4v) is 3.65. The van der Waals surface area contributed by atoms with Crippen LogP contribution in [-0.4, -0.2) is 42.5 Å². The molecule has 0 unspecified atom stereocenters. The molecule has 1 saturated heterocycles. The number of nitrogens with one attached hydrogen (secondary N) is 4. The minimum Gasteiger partial charge on any atom is -0.356 e.